The highest BCUT2D eigenvalue weighted by Gasteiger charge is 2.37. The van der Waals surface area contributed by atoms with E-state index in [0.717, 1.165) is 73.0 Å². The average molecular weight is 646 g/mol. The third kappa shape index (κ3) is 6.66. The number of nitrogens with zero attached hydrogens (tertiary/aromatic N) is 9. The normalized spacial score (nSPS) is 22.5. The van der Waals surface area contributed by atoms with Gasteiger partial charge in [-0.05, 0) is 70.7 Å². The minimum atomic E-state index is -3.48. The van der Waals surface area contributed by atoms with E-state index in [2.05, 4.69) is 57.7 Å². The molecule has 0 radical (unpaired) electrons. The fraction of sp³-hybridized carbons (Fsp3) is 0.484. The van der Waals surface area contributed by atoms with E-state index in [9.17, 15) is 13.5 Å². The average Bonchev–Trinajstić information content (AvgIpc) is 3.80. The minimum Gasteiger partial charge on any atom is -0.390 e. The molecule has 1 aliphatic heterocycles. The molecule has 3 fully saturated rings. The molecule has 2 saturated carbocycles. The SMILES string of the molecule is CN1CCN(c2ccc(-c3cnc(Nc4ccnc(-c5cnn(S(=O)(=O)C6CC6)c5)n4)cc3NC3CCC(C)(O)CC3)nn2)CC1. The lowest BCUT2D eigenvalue weighted by atomic mass is 9.83. The topological polar surface area (TPSA) is 167 Å². The molecule has 7 rings (SSSR count). The van der Waals surface area contributed by atoms with Crippen molar-refractivity contribution in [3.8, 4) is 22.6 Å². The number of pyridine rings is 1. The summed E-state index contributed by atoms with van der Waals surface area (Å²) in [6.07, 6.45) is 10.7. The molecule has 0 unspecified atom stereocenters. The number of rotatable bonds is 9. The predicted octanol–water partition coefficient (Wildman–Crippen LogP) is 3.13. The summed E-state index contributed by atoms with van der Waals surface area (Å²) in [5.41, 5.74) is 2.26. The van der Waals surface area contributed by atoms with Gasteiger partial charge in [0, 0.05) is 61.9 Å². The number of nitrogens with one attached hydrogen (secondary N) is 2. The van der Waals surface area contributed by atoms with Gasteiger partial charge in [-0.3, -0.25) is 0 Å². The standard InChI is InChI=1S/C31H39N11O3S/c1-31(43)10-7-22(8-11-31)35-26-17-28(33-19-24(26)25-5-6-29(39-38-25)41-15-13-40(2)14-16-41)36-27-9-12-32-30(37-27)21-18-34-42(20-21)46(44,45)23-3-4-23/h5-6,9,12,17-20,22-23,43H,3-4,7-8,10-11,13-16H2,1-2H3,(H2,32,33,35,36,37). The molecule has 15 heteroatoms. The van der Waals surface area contributed by atoms with Crippen LogP contribution < -0.4 is 15.5 Å². The van der Waals surface area contributed by atoms with Crippen molar-refractivity contribution in [2.24, 2.45) is 0 Å². The first-order chi connectivity index (χ1) is 22.1. The van der Waals surface area contributed by atoms with Gasteiger partial charge < -0.3 is 25.5 Å². The Bertz CT molecular complexity index is 1790. The summed E-state index contributed by atoms with van der Waals surface area (Å²) in [5, 5.41) is 30.3. The van der Waals surface area contributed by atoms with Gasteiger partial charge in [0.25, 0.3) is 10.0 Å². The smallest absolute Gasteiger partial charge is 0.256 e. The molecule has 0 amide bonds. The fourth-order valence-electron chi connectivity index (χ4n) is 5.90. The van der Waals surface area contributed by atoms with Crippen LogP contribution in [0.3, 0.4) is 0 Å². The van der Waals surface area contributed by atoms with Crippen LogP contribution in [0.15, 0.2) is 49.1 Å². The molecule has 2 aliphatic carbocycles. The van der Waals surface area contributed by atoms with Crippen LogP contribution >= 0.6 is 0 Å². The first-order valence-electron chi connectivity index (χ1n) is 15.8. The van der Waals surface area contributed by atoms with Gasteiger partial charge in [-0.2, -0.15) is 9.19 Å². The first-order valence-corrected chi connectivity index (χ1v) is 17.3. The van der Waals surface area contributed by atoms with Crippen molar-refractivity contribution in [3.63, 3.8) is 0 Å². The molecule has 4 aromatic rings. The number of likely N-dealkylation sites (N-methyl/N-ethyl adjacent to an activating group) is 1. The summed E-state index contributed by atoms with van der Waals surface area (Å²) in [7, 11) is -1.35. The highest BCUT2D eigenvalue weighted by molar-refractivity contribution is 7.90. The van der Waals surface area contributed by atoms with E-state index in [-0.39, 0.29) is 11.3 Å². The second-order valence-corrected chi connectivity index (χ2v) is 14.9. The van der Waals surface area contributed by atoms with Gasteiger partial charge in [-0.15, -0.1) is 10.2 Å². The Morgan fingerprint density at radius 1 is 0.957 bits per heavy atom. The molecule has 3 N–H and O–H groups in total. The van der Waals surface area contributed by atoms with E-state index in [0.29, 0.717) is 41.6 Å². The molecule has 0 bridgehead atoms. The van der Waals surface area contributed by atoms with E-state index < -0.39 is 15.6 Å². The number of hydrogen-bond acceptors (Lipinski definition) is 13. The van der Waals surface area contributed by atoms with E-state index in [4.69, 9.17) is 0 Å². The Balaban J connectivity index is 1.13. The molecule has 5 heterocycles. The van der Waals surface area contributed by atoms with Gasteiger partial charge in [-0.25, -0.2) is 23.4 Å². The maximum absolute atomic E-state index is 12.6. The van der Waals surface area contributed by atoms with E-state index >= 15 is 0 Å². The van der Waals surface area contributed by atoms with Crippen molar-refractivity contribution in [1.29, 1.82) is 0 Å². The Hall–Kier alpha value is -4.21. The van der Waals surface area contributed by atoms with Crippen LogP contribution in [-0.4, -0.2) is 103 Å². The van der Waals surface area contributed by atoms with Crippen LogP contribution in [0.2, 0.25) is 0 Å². The van der Waals surface area contributed by atoms with E-state index in [1.54, 1.807) is 18.5 Å². The van der Waals surface area contributed by atoms with Gasteiger partial charge in [0.05, 0.1) is 34.5 Å². The Morgan fingerprint density at radius 2 is 1.74 bits per heavy atom. The van der Waals surface area contributed by atoms with Crippen LogP contribution in [0.25, 0.3) is 22.6 Å². The van der Waals surface area contributed by atoms with Crippen LogP contribution in [0.4, 0.5) is 23.1 Å². The fourth-order valence-corrected chi connectivity index (χ4v) is 7.38. The molecule has 0 aromatic carbocycles. The van der Waals surface area contributed by atoms with Crippen molar-refractivity contribution in [2.45, 2.75) is 62.3 Å². The molecule has 46 heavy (non-hydrogen) atoms. The predicted molar refractivity (Wildman–Crippen MR) is 175 cm³/mol. The van der Waals surface area contributed by atoms with Gasteiger partial charge >= 0.3 is 0 Å². The minimum absolute atomic E-state index is 0.181. The Labute approximate surface area is 268 Å². The molecule has 242 valence electrons. The molecular weight excluding hydrogens is 606 g/mol. The molecule has 0 spiro atoms. The molecule has 0 atom stereocenters. The monoisotopic (exact) mass is 645 g/mol. The number of hydrogen-bond donors (Lipinski definition) is 3. The van der Waals surface area contributed by atoms with E-state index in [1.165, 1.54) is 12.4 Å². The highest BCUT2D eigenvalue weighted by Crippen LogP contribution is 2.35. The maximum atomic E-state index is 12.6. The van der Waals surface area contributed by atoms with Gasteiger partial charge in [0.1, 0.15) is 11.6 Å². The number of aromatic nitrogens is 7. The summed E-state index contributed by atoms with van der Waals surface area (Å²) in [6, 6.07) is 7.84. The lowest BCUT2D eigenvalue weighted by Gasteiger charge is -2.34. The second kappa shape index (κ2) is 12.2. The largest absolute Gasteiger partial charge is 0.390 e. The summed E-state index contributed by atoms with van der Waals surface area (Å²) in [5.74, 6) is 2.27. The number of aliphatic hydroxyl groups is 1. The number of piperazine rings is 1. The summed E-state index contributed by atoms with van der Waals surface area (Å²) in [6.45, 7) is 5.70. The van der Waals surface area contributed by atoms with E-state index in [1.807, 2.05) is 25.1 Å². The van der Waals surface area contributed by atoms with Crippen molar-refractivity contribution >= 4 is 33.2 Å². The van der Waals surface area contributed by atoms with Crippen molar-refractivity contribution in [3.05, 3.63) is 49.1 Å². The van der Waals surface area contributed by atoms with Crippen LogP contribution in [-0.2, 0) is 10.0 Å². The highest BCUT2D eigenvalue weighted by atomic mass is 32.2. The van der Waals surface area contributed by atoms with Crippen molar-refractivity contribution in [2.75, 3.05) is 48.8 Å². The second-order valence-electron chi connectivity index (χ2n) is 12.8. The third-order valence-electron chi connectivity index (χ3n) is 9.02. The molecule has 3 aliphatic rings. The molecule has 4 aromatic heterocycles. The zero-order chi connectivity index (χ0) is 31.9. The van der Waals surface area contributed by atoms with Crippen molar-refractivity contribution in [1.82, 2.24) is 39.2 Å². The summed E-state index contributed by atoms with van der Waals surface area (Å²) < 4.78 is 26.2. The summed E-state index contributed by atoms with van der Waals surface area (Å²) >= 11 is 0. The summed E-state index contributed by atoms with van der Waals surface area (Å²) in [4.78, 5) is 18.2. The first kappa shape index (κ1) is 30.4. The third-order valence-corrected chi connectivity index (χ3v) is 11.1. The number of anilines is 4. The molecule has 1 saturated heterocycles. The Kier molecular flexibility index (Phi) is 8.07. The van der Waals surface area contributed by atoms with Gasteiger partial charge in [0.15, 0.2) is 11.6 Å². The van der Waals surface area contributed by atoms with Gasteiger partial charge in [0.2, 0.25) is 0 Å². The van der Waals surface area contributed by atoms with Crippen LogP contribution in [0.5, 0.6) is 0 Å². The molecule has 14 nitrogen and oxygen atoms in total. The lowest BCUT2D eigenvalue weighted by molar-refractivity contribution is 0.0196. The van der Waals surface area contributed by atoms with Crippen LogP contribution in [0.1, 0.15) is 45.4 Å². The van der Waals surface area contributed by atoms with Crippen LogP contribution in [0, 0.1) is 0 Å². The zero-order valence-corrected chi connectivity index (χ0v) is 26.9. The maximum Gasteiger partial charge on any atom is 0.256 e. The van der Waals surface area contributed by atoms with Crippen molar-refractivity contribution < 1.29 is 13.5 Å². The van der Waals surface area contributed by atoms with Gasteiger partial charge in [-0.1, -0.05) is 0 Å². The zero-order valence-electron chi connectivity index (χ0n) is 26.0. The lowest BCUT2D eigenvalue weighted by Crippen LogP contribution is -2.44. The molecular formula is C31H39N11O3S. The quantitative estimate of drug-likeness (QED) is 0.243. The Morgan fingerprint density at radius 3 is 2.46 bits per heavy atom.